The van der Waals surface area contributed by atoms with E-state index in [0.717, 1.165) is 11.3 Å². The van der Waals surface area contributed by atoms with E-state index in [2.05, 4.69) is 9.97 Å². The standard InChI is InChI=1S/C26H25N3O7.C2H6/c1-14-10-15(6-8-27-14)13-29-22(26(32)36-5)20(17-7-9-28-24(30)21(17)25(29)31)16-11-18(33-2)23(35-4)19(12-16)34-3;1-2/h6-12H,13H2,1-5H3,(H,28,30);1-2H3. The van der Waals surface area contributed by atoms with Crippen molar-refractivity contribution in [3.63, 3.8) is 0 Å². The molecule has 3 heterocycles. The van der Waals surface area contributed by atoms with E-state index in [9.17, 15) is 14.4 Å². The smallest absolute Gasteiger partial charge is 0.355 e. The number of benzene rings is 1. The molecule has 0 amide bonds. The lowest BCUT2D eigenvalue weighted by Crippen LogP contribution is -2.31. The highest BCUT2D eigenvalue weighted by molar-refractivity contribution is 6.06. The normalized spacial score (nSPS) is 10.4. The summed E-state index contributed by atoms with van der Waals surface area (Å²) < 4.78 is 22.8. The fourth-order valence-electron chi connectivity index (χ4n) is 4.26. The van der Waals surface area contributed by atoms with Gasteiger partial charge in [-0.3, -0.25) is 19.1 Å². The van der Waals surface area contributed by atoms with Crippen LogP contribution in [-0.4, -0.2) is 48.9 Å². The van der Waals surface area contributed by atoms with Crippen LogP contribution in [0.25, 0.3) is 21.9 Å². The second-order valence-electron chi connectivity index (χ2n) is 7.92. The van der Waals surface area contributed by atoms with Gasteiger partial charge in [0.05, 0.1) is 35.0 Å². The molecule has 0 bridgehead atoms. The zero-order chi connectivity index (χ0) is 28.0. The maximum absolute atomic E-state index is 13.7. The number of esters is 1. The quantitative estimate of drug-likeness (QED) is 0.363. The summed E-state index contributed by atoms with van der Waals surface area (Å²) in [5, 5.41) is 0.181. The van der Waals surface area contributed by atoms with E-state index in [4.69, 9.17) is 18.9 Å². The number of nitrogens with one attached hydrogen (secondary N) is 1. The molecule has 0 unspecified atom stereocenters. The minimum absolute atomic E-state index is 0.00826. The lowest BCUT2D eigenvalue weighted by atomic mass is 9.96. The zero-order valence-electron chi connectivity index (χ0n) is 22.5. The van der Waals surface area contributed by atoms with Crippen LogP contribution in [-0.2, 0) is 11.3 Å². The molecule has 0 saturated heterocycles. The van der Waals surface area contributed by atoms with Crippen LogP contribution in [0.3, 0.4) is 0 Å². The maximum atomic E-state index is 13.7. The molecule has 10 heteroatoms. The van der Waals surface area contributed by atoms with Gasteiger partial charge in [-0.05, 0) is 48.4 Å². The molecule has 0 spiro atoms. The van der Waals surface area contributed by atoms with Gasteiger partial charge >= 0.3 is 5.97 Å². The third kappa shape index (κ3) is 5.10. The number of aromatic nitrogens is 3. The zero-order valence-corrected chi connectivity index (χ0v) is 22.5. The summed E-state index contributed by atoms with van der Waals surface area (Å²) in [6.45, 7) is 5.83. The van der Waals surface area contributed by atoms with Crippen molar-refractivity contribution in [3.8, 4) is 28.4 Å². The Kier molecular flexibility index (Phi) is 8.90. The Morgan fingerprint density at radius 3 is 2.18 bits per heavy atom. The number of hydrogen-bond donors (Lipinski definition) is 1. The summed E-state index contributed by atoms with van der Waals surface area (Å²) in [4.78, 5) is 46.5. The van der Waals surface area contributed by atoms with Crippen molar-refractivity contribution in [2.75, 3.05) is 28.4 Å². The first kappa shape index (κ1) is 28.0. The van der Waals surface area contributed by atoms with E-state index in [1.807, 2.05) is 20.8 Å². The third-order valence-electron chi connectivity index (χ3n) is 5.83. The van der Waals surface area contributed by atoms with Gasteiger partial charge in [-0.25, -0.2) is 4.79 Å². The Labute approximate surface area is 219 Å². The van der Waals surface area contributed by atoms with Gasteiger partial charge in [0.15, 0.2) is 11.5 Å². The molecule has 3 aromatic heterocycles. The summed E-state index contributed by atoms with van der Waals surface area (Å²) in [6, 6.07) is 8.40. The predicted octanol–water partition coefficient (Wildman–Crippen LogP) is 3.95. The molecule has 10 nitrogen and oxygen atoms in total. The van der Waals surface area contributed by atoms with E-state index >= 15 is 0 Å². The molecular formula is C28H31N3O7. The van der Waals surface area contributed by atoms with E-state index in [0.29, 0.717) is 28.4 Å². The van der Waals surface area contributed by atoms with Crippen LogP contribution < -0.4 is 25.3 Å². The minimum atomic E-state index is -0.746. The van der Waals surface area contributed by atoms with Gasteiger partial charge in [-0.15, -0.1) is 0 Å². The number of aryl methyl sites for hydroxylation is 1. The third-order valence-corrected chi connectivity index (χ3v) is 5.83. The van der Waals surface area contributed by atoms with Crippen molar-refractivity contribution < 1.29 is 23.7 Å². The number of methoxy groups -OCH3 is 4. The number of nitrogens with zero attached hydrogens (tertiary/aromatic N) is 2. The molecule has 0 fully saturated rings. The fraction of sp³-hybridized carbons (Fsp3) is 0.286. The van der Waals surface area contributed by atoms with Crippen LogP contribution in [0.15, 0.2) is 52.3 Å². The molecule has 0 saturated carbocycles. The van der Waals surface area contributed by atoms with Crippen molar-refractivity contribution in [3.05, 3.63) is 80.4 Å². The summed E-state index contributed by atoms with van der Waals surface area (Å²) in [5.41, 5.74) is 0.998. The minimum Gasteiger partial charge on any atom is -0.493 e. The molecule has 0 atom stereocenters. The number of aromatic amines is 1. The number of fused-ring (bicyclic) bond motifs is 1. The van der Waals surface area contributed by atoms with Crippen LogP contribution in [0.1, 0.15) is 35.6 Å². The molecule has 4 rings (SSSR count). The second kappa shape index (κ2) is 12.1. The molecule has 4 aromatic rings. The van der Waals surface area contributed by atoms with Crippen molar-refractivity contribution in [2.24, 2.45) is 0 Å². The Balaban J connectivity index is 0.00000195. The summed E-state index contributed by atoms with van der Waals surface area (Å²) >= 11 is 0. The molecule has 0 radical (unpaired) electrons. The van der Waals surface area contributed by atoms with Crippen molar-refractivity contribution >= 4 is 16.7 Å². The van der Waals surface area contributed by atoms with E-state index in [1.54, 1.807) is 36.5 Å². The average Bonchev–Trinajstić information content (AvgIpc) is 2.94. The van der Waals surface area contributed by atoms with E-state index in [1.165, 1.54) is 39.2 Å². The number of ether oxygens (including phenoxy) is 4. The van der Waals surface area contributed by atoms with E-state index in [-0.39, 0.29) is 23.0 Å². The number of hydrogen-bond acceptors (Lipinski definition) is 8. The predicted molar refractivity (Wildman–Crippen MR) is 145 cm³/mol. The van der Waals surface area contributed by atoms with Crippen LogP contribution in [0, 0.1) is 6.92 Å². The van der Waals surface area contributed by atoms with Crippen molar-refractivity contribution in [1.29, 1.82) is 0 Å². The first-order chi connectivity index (χ1) is 18.3. The SMILES string of the molecule is CC.COC(=O)c1c(-c2cc(OC)c(OC)c(OC)c2)c2cc[nH]c(=O)c2c(=O)n1Cc1ccnc(C)c1. The number of carbonyl (C=O) groups excluding carboxylic acids is 1. The molecule has 0 aliphatic carbocycles. The Hall–Kier alpha value is -4.60. The summed E-state index contributed by atoms with van der Waals surface area (Å²) in [7, 11) is 5.65. The van der Waals surface area contributed by atoms with Gasteiger partial charge in [-0.1, -0.05) is 13.8 Å². The number of H-pyrrole nitrogens is 1. The molecule has 38 heavy (non-hydrogen) atoms. The van der Waals surface area contributed by atoms with Gasteiger partial charge in [0.1, 0.15) is 11.1 Å². The molecule has 0 aliphatic rings. The second-order valence-corrected chi connectivity index (χ2v) is 7.92. The fourth-order valence-corrected chi connectivity index (χ4v) is 4.26. The molecular weight excluding hydrogens is 490 g/mol. The Morgan fingerprint density at radius 2 is 1.63 bits per heavy atom. The monoisotopic (exact) mass is 521 g/mol. The molecule has 1 aromatic carbocycles. The molecule has 0 aliphatic heterocycles. The Morgan fingerprint density at radius 1 is 0.974 bits per heavy atom. The van der Waals surface area contributed by atoms with Gasteiger partial charge < -0.3 is 23.9 Å². The average molecular weight is 522 g/mol. The van der Waals surface area contributed by atoms with Crippen LogP contribution in [0.4, 0.5) is 0 Å². The highest BCUT2D eigenvalue weighted by Crippen LogP contribution is 2.43. The van der Waals surface area contributed by atoms with Gasteiger partial charge in [0, 0.05) is 29.0 Å². The van der Waals surface area contributed by atoms with Gasteiger partial charge in [0.25, 0.3) is 11.1 Å². The van der Waals surface area contributed by atoms with Gasteiger partial charge in [-0.2, -0.15) is 0 Å². The molecule has 200 valence electrons. The Bertz CT molecular complexity index is 1560. The van der Waals surface area contributed by atoms with Crippen LogP contribution >= 0.6 is 0 Å². The highest BCUT2D eigenvalue weighted by atomic mass is 16.5. The first-order valence-corrected chi connectivity index (χ1v) is 11.9. The maximum Gasteiger partial charge on any atom is 0.355 e. The highest BCUT2D eigenvalue weighted by Gasteiger charge is 2.27. The largest absolute Gasteiger partial charge is 0.493 e. The summed E-state index contributed by atoms with van der Waals surface area (Å²) in [5.74, 6) is 0.279. The van der Waals surface area contributed by atoms with Crippen LogP contribution in [0.5, 0.6) is 17.2 Å². The van der Waals surface area contributed by atoms with Crippen molar-refractivity contribution in [1.82, 2.24) is 14.5 Å². The van der Waals surface area contributed by atoms with E-state index < -0.39 is 17.1 Å². The summed E-state index contributed by atoms with van der Waals surface area (Å²) in [6.07, 6.45) is 3.03. The molecule has 1 N–H and O–H groups in total. The number of pyridine rings is 3. The first-order valence-electron chi connectivity index (χ1n) is 11.9. The van der Waals surface area contributed by atoms with Crippen molar-refractivity contribution in [2.45, 2.75) is 27.3 Å². The van der Waals surface area contributed by atoms with Crippen LogP contribution in [0.2, 0.25) is 0 Å². The topological polar surface area (TPSA) is 122 Å². The van der Waals surface area contributed by atoms with Gasteiger partial charge in [0.2, 0.25) is 5.75 Å². The number of rotatable bonds is 7. The lowest BCUT2D eigenvalue weighted by Gasteiger charge is -2.20. The number of carbonyl (C=O) groups is 1. The lowest BCUT2D eigenvalue weighted by molar-refractivity contribution is 0.0588.